The second-order valence-electron chi connectivity index (χ2n) is 6.88. The largest absolute Gasteiger partial charge is 0.423 e. The van der Waals surface area contributed by atoms with Crippen molar-refractivity contribution in [1.82, 2.24) is 9.55 Å². The third kappa shape index (κ3) is 4.21. The van der Waals surface area contributed by atoms with Crippen LogP contribution in [0.4, 0.5) is 0 Å². The molecule has 0 radical (unpaired) electrons. The molecule has 6 nitrogen and oxygen atoms in total. The van der Waals surface area contributed by atoms with E-state index in [0.29, 0.717) is 40.5 Å². The van der Waals surface area contributed by atoms with Gasteiger partial charge in [-0.2, -0.15) is 0 Å². The molecule has 8 heteroatoms. The van der Waals surface area contributed by atoms with Crippen LogP contribution in [0.2, 0.25) is 0 Å². The zero-order valence-electron chi connectivity index (χ0n) is 16.5. The number of nitrogens with zero attached hydrogens (tertiary/aromatic N) is 2. The third-order valence-electron chi connectivity index (χ3n) is 4.74. The van der Waals surface area contributed by atoms with Gasteiger partial charge < -0.3 is 9.15 Å². The molecule has 0 aliphatic heterocycles. The van der Waals surface area contributed by atoms with Gasteiger partial charge >= 0.3 is 5.63 Å². The van der Waals surface area contributed by atoms with Gasteiger partial charge in [-0.05, 0) is 42.3 Å². The van der Waals surface area contributed by atoms with Gasteiger partial charge in [0, 0.05) is 28.8 Å². The smallest absolute Gasteiger partial charge is 0.336 e. The Bertz CT molecular complexity index is 1360. The molecule has 2 heterocycles. The van der Waals surface area contributed by atoms with Crippen molar-refractivity contribution in [3.05, 3.63) is 78.8 Å². The van der Waals surface area contributed by atoms with Crippen LogP contribution < -0.4 is 11.2 Å². The molecule has 0 bridgehead atoms. The van der Waals surface area contributed by atoms with Crippen molar-refractivity contribution in [2.24, 2.45) is 0 Å². The molecule has 30 heavy (non-hydrogen) atoms. The maximum atomic E-state index is 13.1. The standard InChI is InChI=1S/C22H19BrN2O4S/c1-13-3-5-16-14(10-20(26)29-19(16)9-13)12-30-22-24-18-6-4-15(23)11-17(18)21(27)25(22)7-8-28-2/h3-6,9-11H,7-8,12H2,1-2H3. The van der Waals surface area contributed by atoms with Crippen molar-refractivity contribution in [2.75, 3.05) is 13.7 Å². The summed E-state index contributed by atoms with van der Waals surface area (Å²) in [5.41, 5.74) is 2.55. The molecule has 0 atom stereocenters. The van der Waals surface area contributed by atoms with E-state index in [1.54, 1.807) is 17.7 Å². The quantitative estimate of drug-likeness (QED) is 0.226. The van der Waals surface area contributed by atoms with Gasteiger partial charge in [0.25, 0.3) is 5.56 Å². The average Bonchev–Trinajstić information content (AvgIpc) is 2.71. The van der Waals surface area contributed by atoms with Gasteiger partial charge in [-0.1, -0.05) is 39.8 Å². The van der Waals surface area contributed by atoms with Crippen molar-refractivity contribution in [2.45, 2.75) is 24.4 Å². The highest BCUT2D eigenvalue weighted by Gasteiger charge is 2.14. The first-order valence-corrected chi connectivity index (χ1v) is 11.1. The summed E-state index contributed by atoms with van der Waals surface area (Å²) in [6.07, 6.45) is 0. The molecule has 0 unspecified atom stereocenters. The normalized spacial score (nSPS) is 11.4. The molecule has 0 N–H and O–H groups in total. The van der Waals surface area contributed by atoms with Crippen molar-refractivity contribution < 1.29 is 9.15 Å². The molecule has 0 spiro atoms. The summed E-state index contributed by atoms with van der Waals surface area (Å²) in [6, 6.07) is 12.7. The minimum Gasteiger partial charge on any atom is -0.423 e. The summed E-state index contributed by atoms with van der Waals surface area (Å²) in [5.74, 6) is 0.479. The minimum absolute atomic E-state index is 0.117. The maximum absolute atomic E-state index is 13.1. The number of ether oxygens (including phenoxy) is 1. The van der Waals surface area contributed by atoms with Crippen LogP contribution in [-0.2, 0) is 17.0 Å². The lowest BCUT2D eigenvalue weighted by molar-refractivity contribution is 0.183. The number of fused-ring (bicyclic) bond motifs is 2. The number of methoxy groups -OCH3 is 1. The van der Waals surface area contributed by atoms with Gasteiger partial charge in [0.15, 0.2) is 5.16 Å². The van der Waals surface area contributed by atoms with Crippen LogP contribution in [0.1, 0.15) is 11.1 Å². The number of rotatable bonds is 6. The lowest BCUT2D eigenvalue weighted by Gasteiger charge is -2.13. The topological polar surface area (TPSA) is 74.3 Å². The first-order chi connectivity index (χ1) is 14.5. The van der Waals surface area contributed by atoms with E-state index in [2.05, 4.69) is 15.9 Å². The number of benzene rings is 2. The van der Waals surface area contributed by atoms with Gasteiger partial charge in [-0.3, -0.25) is 9.36 Å². The van der Waals surface area contributed by atoms with Crippen LogP contribution in [0.3, 0.4) is 0 Å². The van der Waals surface area contributed by atoms with Crippen LogP contribution >= 0.6 is 27.7 Å². The SMILES string of the molecule is COCCn1c(SCc2cc(=O)oc3cc(C)ccc23)nc2ccc(Br)cc2c1=O. The van der Waals surface area contributed by atoms with Crippen LogP contribution in [-0.4, -0.2) is 23.3 Å². The number of thioether (sulfide) groups is 1. The summed E-state index contributed by atoms with van der Waals surface area (Å²) in [6.45, 7) is 2.74. The molecule has 154 valence electrons. The minimum atomic E-state index is -0.392. The van der Waals surface area contributed by atoms with E-state index in [0.717, 1.165) is 21.0 Å². The Morgan fingerprint density at radius 3 is 2.77 bits per heavy atom. The highest BCUT2D eigenvalue weighted by molar-refractivity contribution is 9.10. The monoisotopic (exact) mass is 486 g/mol. The predicted octanol–water partition coefficient (Wildman–Crippen LogP) is 4.51. The van der Waals surface area contributed by atoms with E-state index in [1.807, 2.05) is 37.3 Å². The summed E-state index contributed by atoms with van der Waals surface area (Å²) in [5, 5.41) is 2.01. The first-order valence-electron chi connectivity index (χ1n) is 9.31. The molecule has 0 aliphatic carbocycles. The number of aryl methyl sites for hydroxylation is 1. The van der Waals surface area contributed by atoms with E-state index in [4.69, 9.17) is 14.1 Å². The molecule has 0 saturated carbocycles. The van der Waals surface area contributed by atoms with Crippen LogP contribution in [0.25, 0.3) is 21.9 Å². The second kappa shape index (κ2) is 8.75. The number of halogens is 1. The molecular weight excluding hydrogens is 468 g/mol. The average molecular weight is 487 g/mol. The Balaban J connectivity index is 1.77. The summed E-state index contributed by atoms with van der Waals surface area (Å²) >= 11 is 4.83. The van der Waals surface area contributed by atoms with Crippen LogP contribution in [0, 0.1) is 6.92 Å². The van der Waals surface area contributed by atoms with Gasteiger partial charge in [-0.25, -0.2) is 9.78 Å². The lowest BCUT2D eigenvalue weighted by Crippen LogP contribution is -2.25. The summed E-state index contributed by atoms with van der Waals surface area (Å²) < 4.78 is 13.0. The molecule has 4 rings (SSSR count). The van der Waals surface area contributed by atoms with E-state index in [-0.39, 0.29) is 5.56 Å². The third-order valence-corrected chi connectivity index (χ3v) is 6.26. The molecule has 4 aromatic rings. The molecule has 0 fully saturated rings. The first kappa shape index (κ1) is 20.8. The summed E-state index contributed by atoms with van der Waals surface area (Å²) in [4.78, 5) is 29.8. The lowest BCUT2D eigenvalue weighted by atomic mass is 10.1. The fourth-order valence-corrected chi connectivity index (χ4v) is 4.64. The van der Waals surface area contributed by atoms with E-state index >= 15 is 0 Å². The molecule has 2 aromatic carbocycles. The predicted molar refractivity (Wildman–Crippen MR) is 122 cm³/mol. The number of hydrogen-bond acceptors (Lipinski definition) is 6. The number of aromatic nitrogens is 2. The highest BCUT2D eigenvalue weighted by Crippen LogP contribution is 2.27. The van der Waals surface area contributed by atoms with E-state index in [9.17, 15) is 9.59 Å². The van der Waals surface area contributed by atoms with Crippen molar-refractivity contribution in [1.29, 1.82) is 0 Å². The van der Waals surface area contributed by atoms with Gasteiger partial charge in [-0.15, -0.1) is 0 Å². The van der Waals surface area contributed by atoms with Gasteiger partial charge in [0.2, 0.25) is 0 Å². The van der Waals surface area contributed by atoms with Crippen molar-refractivity contribution in [3.8, 4) is 0 Å². The summed E-state index contributed by atoms with van der Waals surface area (Å²) in [7, 11) is 1.60. The fourth-order valence-electron chi connectivity index (χ4n) is 3.26. The molecule has 2 aromatic heterocycles. The van der Waals surface area contributed by atoms with E-state index in [1.165, 1.54) is 17.8 Å². The Hall–Kier alpha value is -2.42. The molecule has 0 saturated heterocycles. The maximum Gasteiger partial charge on any atom is 0.336 e. The Kier molecular flexibility index (Phi) is 6.08. The zero-order valence-corrected chi connectivity index (χ0v) is 18.9. The van der Waals surface area contributed by atoms with Gasteiger partial charge in [0.05, 0.1) is 24.1 Å². The molecular formula is C22H19BrN2O4S. The van der Waals surface area contributed by atoms with Crippen molar-refractivity contribution >= 4 is 49.6 Å². The zero-order chi connectivity index (χ0) is 21.3. The van der Waals surface area contributed by atoms with Crippen LogP contribution in [0.5, 0.6) is 0 Å². The Labute approximate surface area is 185 Å². The highest BCUT2D eigenvalue weighted by atomic mass is 79.9. The Morgan fingerprint density at radius 1 is 1.13 bits per heavy atom. The molecule has 0 aliphatic rings. The number of hydrogen-bond donors (Lipinski definition) is 0. The molecule has 0 amide bonds. The fraction of sp³-hybridized carbons (Fsp3) is 0.227. The van der Waals surface area contributed by atoms with Gasteiger partial charge in [0.1, 0.15) is 5.58 Å². The van der Waals surface area contributed by atoms with Crippen LogP contribution in [0.15, 0.2) is 66.1 Å². The Morgan fingerprint density at radius 2 is 1.97 bits per heavy atom. The second-order valence-corrected chi connectivity index (χ2v) is 8.74. The van der Waals surface area contributed by atoms with Crippen molar-refractivity contribution in [3.63, 3.8) is 0 Å². The van der Waals surface area contributed by atoms with E-state index < -0.39 is 5.63 Å².